The van der Waals surface area contributed by atoms with Crippen molar-refractivity contribution in [2.24, 2.45) is 23.7 Å². The summed E-state index contributed by atoms with van der Waals surface area (Å²) >= 11 is 0. The number of aliphatic imine (C=N–C) groups is 1. The van der Waals surface area contributed by atoms with Crippen LogP contribution in [0.5, 0.6) is 0 Å². The lowest BCUT2D eigenvalue weighted by Crippen LogP contribution is -2.14. The molecule has 1 aliphatic carbocycles. The molecular weight excluding hydrogens is 164 g/mol. The second-order valence-electron chi connectivity index (χ2n) is 3.46. The Kier molecular flexibility index (Phi) is 2.04. The molecule has 4 nitrogen and oxygen atoms in total. The van der Waals surface area contributed by atoms with Crippen LogP contribution in [-0.2, 0) is 13.6 Å². The summed E-state index contributed by atoms with van der Waals surface area (Å²) in [7, 11) is 1.91. The zero-order chi connectivity index (χ0) is 9.26. The van der Waals surface area contributed by atoms with Gasteiger partial charge in [-0.3, -0.25) is 9.67 Å². The van der Waals surface area contributed by atoms with E-state index in [9.17, 15) is 0 Å². The number of rotatable bonds is 3. The lowest BCUT2D eigenvalue weighted by atomic mass is 10.4. The van der Waals surface area contributed by atoms with Gasteiger partial charge in [0.15, 0.2) is 0 Å². The fourth-order valence-electron chi connectivity index (χ4n) is 1.24. The highest BCUT2D eigenvalue weighted by atomic mass is 15.3. The summed E-state index contributed by atoms with van der Waals surface area (Å²) < 4.78 is 1.82. The van der Waals surface area contributed by atoms with Crippen LogP contribution in [0, 0.1) is 5.92 Å². The molecule has 0 saturated heterocycles. The molecule has 13 heavy (non-hydrogen) atoms. The summed E-state index contributed by atoms with van der Waals surface area (Å²) in [5.41, 5.74) is 6.87. The van der Waals surface area contributed by atoms with E-state index in [0.717, 1.165) is 11.5 Å². The van der Waals surface area contributed by atoms with E-state index in [4.69, 9.17) is 5.73 Å². The lowest BCUT2D eigenvalue weighted by Gasteiger charge is -1.99. The average molecular weight is 178 g/mol. The van der Waals surface area contributed by atoms with Crippen LogP contribution in [0.15, 0.2) is 17.3 Å². The van der Waals surface area contributed by atoms with Gasteiger partial charge in [-0.2, -0.15) is 5.10 Å². The van der Waals surface area contributed by atoms with E-state index in [-0.39, 0.29) is 0 Å². The molecule has 1 saturated carbocycles. The van der Waals surface area contributed by atoms with Crippen LogP contribution < -0.4 is 5.73 Å². The first-order valence-electron chi connectivity index (χ1n) is 4.54. The molecule has 1 aromatic rings. The van der Waals surface area contributed by atoms with E-state index >= 15 is 0 Å². The maximum absolute atomic E-state index is 5.77. The monoisotopic (exact) mass is 178 g/mol. The SMILES string of the molecule is Cn1nccc1CN=C(N)C1CC1. The van der Waals surface area contributed by atoms with Crippen LogP contribution in [0.1, 0.15) is 18.5 Å². The normalized spacial score (nSPS) is 17.8. The second kappa shape index (κ2) is 3.20. The minimum absolute atomic E-state index is 0.563. The van der Waals surface area contributed by atoms with Gasteiger partial charge < -0.3 is 5.73 Å². The molecule has 0 spiro atoms. The summed E-state index contributed by atoms with van der Waals surface area (Å²) in [4.78, 5) is 4.32. The highest BCUT2D eigenvalue weighted by Crippen LogP contribution is 2.28. The fourth-order valence-corrected chi connectivity index (χ4v) is 1.24. The number of nitrogens with zero attached hydrogens (tertiary/aromatic N) is 3. The molecule has 2 N–H and O–H groups in total. The molecule has 0 atom stereocenters. The van der Waals surface area contributed by atoms with Gasteiger partial charge in [-0.05, 0) is 18.9 Å². The third-order valence-electron chi connectivity index (χ3n) is 2.34. The molecule has 0 aromatic carbocycles. The molecule has 1 fully saturated rings. The largest absolute Gasteiger partial charge is 0.387 e. The number of aromatic nitrogens is 2. The Morgan fingerprint density at radius 3 is 3.08 bits per heavy atom. The molecule has 0 bridgehead atoms. The van der Waals surface area contributed by atoms with Crippen molar-refractivity contribution in [1.29, 1.82) is 0 Å². The maximum Gasteiger partial charge on any atom is 0.0973 e. The van der Waals surface area contributed by atoms with Crippen LogP contribution in [0.3, 0.4) is 0 Å². The summed E-state index contributed by atoms with van der Waals surface area (Å²) in [6.07, 6.45) is 4.19. The van der Waals surface area contributed by atoms with Crippen molar-refractivity contribution < 1.29 is 0 Å². The minimum Gasteiger partial charge on any atom is -0.387 e. The molecule has 0 radical (unpaired) electrons. The van der Waals surface area contributed by atoms with Crippen molar-refractivity contribution in [3.05, 3.63) is 18.0 Å². The van der Waals surface area contributed by atoms with E-state index in [2.05, 4.69) is 10.1 Å². The third kappa shape index (κ3) is 1.88. The van der Waals surface area contributed by atoms with Gasteiger partial charge in [0.1, 0.15) is 0 Å². The van der Waals surface area contributed by atoms with Gasteiger partial charge in [0, 0.05) is 19.2 Å². The van der Waals surface area contributed by atoms with Crippen molar-refractivity contribution in [2.75, 3.05) is 0 Å². The van der Waals surface area contributed by atoms with E-state index in [1.807, 2.05) is 17.8 Å². The van der Waals surface area contributed by atoms with Gasteiger partial charge >= 0.3 is 0 Å². The zero-order valence-corrected chi connectivity index (χ0v) is 7.77. The van der Waals surface area contributed by atoms with Crippen LogP contribution in [0.25, 0.3) is 0 Å². The molecule has 0 aliphatic heterocycles. The standard InChI is InChI=1S/C9H14N4/c1-13-8(4-5-12-13)6-11-9(10)7-2-3-7/h4-5,7H,2-3,6H2,1H3,(H2,10,11). The molecular formula is C9H14N4. The minimum atomic E-state index is 0.563. The first kappa shape index (κ1) is 8.29. The fraction of sp³-hybridized carbons (Fsp3) is 0.556. The topological polar surface area (TPSA) is 56.2 Å². The Labute approximate surface area is 77.5 Å². The summed E-state index contributed by atoms with van der Waals surface area (Å²) in [6, 6.07) is 1.96. The third-order valence-corrected chi connectivity index (χ3v) is 2.34. The van der Waals surface area contributed by atoms with Crippen molar-refractivity contribution in [2.45, 2.75) is 19.4 Å². The summed E-state index contributed by atoms with van der Waals surface area (Å²) in [6.45, 7) is 0.652. The predicted molar refractivity (Wildman–Crippen MR) is 51.3 cm³/mol. The second-order valence-corrected chi connectivity index (χ2v) is 3.46. The number of hydrogen-bond acceptors (Lipinski definition) is 2. The maximum atomic E-state index is 5.77. The van der Waals surface area contributed by atoms with Crippen molar-refractivity contribution >= 4 is 5.84 Å². The van der Waals surface area contributed by atoms with Gasteiger partial charge in [-0.25, -0.2) is 0 Å². The Hall–Kier alpha value is -1.32. The van der Waals surface area contributed by atoms with E-state index < -0.39 is 0 Å². The van der Waals surface area contributed by atoms with Crippen LogP contribution >= 0.6 is 0 Å². The molecule has 1 heterocycles. The number of amidine groups is 1. The van der Waals surface area contributed by atoms with Gasteiger partial charge in [-0.1, -0.05) is 0 Å². The Morgan fingerprint density at radius 1 is 1.77 bits per heavy atom. The lowest BCUT2D eigenvalue weighted by molar-refractivity contribution is 0.711. The van der Waals surface area contributed by atoms with E-state index in [0.29, 0.717) is 12.5 Å². The number of hydrogen-bond donors (Lipinski definition) is 1. The summed E-state index contributed by atoms with van der Waals surface area (Å²) in [5, 5.41) is 4.06. The molecule has 70 valence electrons. The predicted octanol–water partition coefficient (Wildman–Crippen LogP) is 0.687. The Bertz CT molecular complexity index is 322. The van der Waals surface area contributed by atoms with Crippen LogP contribution in [0.2, 0.25) is 0 Å². The van der Waals surface area contributed by atoms with E-state index in [1.165, 1.54) is 12.8 Å². The van der Waals surface area contributed by atoms with Crippen molar-refractivity contribution in [1.82, 2.24) is 9.78 Å². The molecule has 4 heteroatoms. The van der Waals surface area contributed by atoms with Crippen molar-refractivity contribution in [3.63, 3.8) is 0 Å². The van der Waals surface area contributed by atoms with Gasteiger partial charge in [0.05, 0.1) is 18.1 Å². The highest BCUT2D eigenvalue weighted by molar-refractivity contribution is 5.84. The van der Waals surface area contributed by atoms with E-state index in [1.54, 1.807) is 6.20 Å². The first-order chi connectivity index (χ1) is 6.27. The molecule has 1 aromatic heterocycles. The van der Waals surface area contributed by atoms with Gasteiger partial charge in [-0.15, -0.1) is 0 Å². The molecule has 0 unspecified atom stereocenters. The average Bonchev–Trinajstić information content (AvgIpc) is 2.88. The van der Waals surface area contributed by atoms with Crippen LogP contribution in [-0.4, -0.2) is 15.6 Å². The van der Waals surface area contributed by atoms with Gasteiger partial charge in [0.2, 0.25) is 0 Å². The van der Waals surface area contributed by atoms with Crippen LogP contribution in [0.4, 0.5) is 0 Å². The Morgan fingerprint density at radius 2 is 2.54 bits per heavy atom. The zero-order valence-electron chi connectivity index (χ0n) is 7.77. The highest BCUT2D eigenvalue weighted by Gasteiger charge is 2.25. The number of nitrogens with two attached hydrogens (primary N) is 1. The molecule has 1 aliphatic rings. The Balaban J connectivity index is 1.98. The first-order valence-corrected chi connectivity index (χ1v) is 4.54. The van der Waals surface area contributed by atoms with Crippen molar-refractivity contribution in [3.8, 4) is 0 Å². The molecule has 2 rings (SSSR count). The smallest absolute Gasteiger partial charge is 0.0973 e. The number of aryl methyl sites for hydroxylation is 1. The quantitative estimate of drug-likeness (QED) is 0.547. The molecule has 0 amide bonds. The van der Waals surface area contributed by atoms with Gasteiger partial charge in [0.25, 0.3) is 0 Å². The summed E-state index contributed by atoms with van der Waals surface area (Å²) in [5.74, 6) is 1.37.